The highest BCUT2D eigenvalue weighted by atomic mass is 35.5. The van der Waals surface area contributed by atoms with Crippen LogP contribution in [-0.4, -0.2) is 35.0 Å². The maximum absolute atomic E-state index is 12.2. The van der Waals surface area contributed by atoms with Crippen molar-refractivity contribution in [3.8, 4) is 0 Å². The van der Waals surface area contributed by atoms with Crippen molar-refractivity contribution in [2.75, 3.05) is 7.05 Å². The van der Waals surface area contributed by atoms with Crippen molar-refractivity contribution < 1.29 is 24.6 Å². The summed E-state index contributed by atoms with van der Waals surface area (Å²) in [5.74, 6) is -2.26. The van der Waals surface area contributed by atoms with Crippen LogP contribution in [0.15, 0.2) is 36.4 Å². The van der Waals surface area contributed by atoms with Crippen molar-refractivity contribution in [1.82, 2.24) is 5.32 Å². The Hall–Kier alpha value is -2.18. The molecule has 1 atom stereocenters. The smallest absolute Gasteiger partial charge is 0.328 e. The van der Waals surface area contributed by atoms with Gasteiger partial charge < -0.3 is 15.5 Å². The maximum Gasteiger partial charge on any atom is 0.328 e. The van der Waals surface area contributed by atoms with Crippen molar-refractivity contribution >= 4 is 29.3 Å². The second-order valence-electron chi connectivity index (χ2n) is 5.28. The lowest BCUT2D eigenvalue weighted by atomic mass is 9.75. The predicted molar refractivity (Wildman–Crippen MR) is 90.1 cm³/mol. The molecule has 0 spiro atoms. The highest BCUT2D eigenvalue weighted by Crippen LogP contribution is 2.37. The number of aliphatic carboxylic acids is 2. The number of carboxylic acids is 2. The minimum Gasteiger partial charge on any atom is -0.478 e. The van der Waals surface area contributed by atoms with Crippen LogP contribution >= 0.6 is 11.6 Å². The van der Waals surface area contributed by atoms with E-state index in [1.807, 2.05) is 31.3 Å². The normalized spacial score (nSPS) is 20.3. The summed E-state index contributed by atoms with van der Waals surface area (Å²) in [7, 11) is 1.84. The fourth-order valence-corrected chi connectivity index (χ4v) is 2.96. The Labute approximate surface area is 145 Å². The summed E-state index contributed by atoms with van der Waals surface area (Å²) in [5.41, 5.74) is 0.361. The summed E-state index contributed by atoms with van der Waals surface area (Å²) in [4.78, 5) is 31.3. The molecule has 130 valence electrons. The monoisotopic (exact) mass is 353 g/mol. The molecule has 0 bridgehead atoms. The van der Waals surface area contributed by atoms with Crippen molar-refractivity contribution in [2.45, 2.75) is 31.2 Å². The van der Waals surface area contributed by atoms with E-state index in [2.05, 4.69) is 5.32 Å². The van der Waals surface area contributed by atoms with Gasteiger partial charge in [0.05, 0.1) is 0 Å². The van der Waals surface area contributed by atoms with Gasteiger partial charge in [-0.15, -0.1) is 0 Å². The summed E-state index contributed by atoms with van der Waals surface area (Å²) >= 11 is 6.20. The van der Waals surface area contributed by atoms with Gasteiger partial charge in [-0.3, -0.25) is 4.79 Å². The standard InChI is InChI=1S/C13H16ClNO.C4H4O4/c1-15-13(9-5-4-8-12(13)16)10-6-2-3-7-11(10)14;5-3(6)1-2-4(7)8/h2-3,6-7,15H,4-5,8-9H2,1H3;1-2H,(H,5,6)(H,7,8)/b;2-1-. The summed E-state index contributed by atoms with van der Waals surface area (Å²) in [6.07, 6.45) is 4.66. The Morgan fingerprint density at radius 2 is 1.75 bits per heavy atom. The number of Topliss-reactive ketones (excluding diaryl/α,β-unsaturated/α-hetero) is 1. The van der Waals surface area contributed by atoms with Crippen LogP contribution in [0.2, 0.25) is 5.02 Å². The fraction of sp³-hybridized carbons (Fsp3) is 0.353. The predicted octanol–water partition coefficient (Wildman–Crippen LogP) is 2.61. The van der Waals surface area contributed by atoms with Crippen LogP contribution in [0.5, 0.6) is 0 Å². The number of hydrogen-bond donors (Lipinski definition) is 3. The molecule has 0 saturated heterocycles. The lowest BCUT2D eigenvalue weighted by Gasteiger charge is -2.36. The Morgan fingerprint density at radius 1 is 1.17 bits per heavy atom. The second kappa shape index (κ2) is 9.20. The number of carboxylic acid groups (broad SMARTS) is 2. The average Bonchev–Trinajstić information content (AvgIpc) is 2.55. The summed E-state index contributed by atoms with van der Waals surface area (Å²) in [6, 6.07) is 7.62. The van der Waals surface area contributed by atoms with Gasteiger partial charge in [-0.1, -0.05) is 36.2 Å². The Kier molecular flexibility index (Phi) is 7.61. The molecule has 2 rings (SSSR count). The van der Waals surface area contributed by atoms with Crippen molar-refractivity contribution in [3.05, 3.63) is 47.0 Å². The molecule has 1 saturated carbocycles. The van der Waals surface area contributed by atoms with Crippen LogP contribution in [-0.2, 0) is 19.9 Å². The van der Waals surface area contributed by atoms with Crippen molar-refractivity contribution in [1.29, 1.82) is 0 Å². The largest absolute Gasteiger partial charge is 0.478 e. The van der Waals surface area contributed by atoms with E-state index in [0.29, 0.717) is 23.6 Å². The number of rotatable bonds is 4. The number of benzene rings is 1. The fourth-order valence-electron chi connectivity index (χ4n) is 2.66. The third-order valence-corrected chi connectivity index (χ3v) is 4.14. The zero-order chi connectivity index (χ0) is 18.2. The van der Waals surface area contributed by atoms with Crippen LogP contribution in [0.25, 0.3) is 0 Å². The molecular formula is C17H20ClNO5. The maximum atomic E-state index is 12.2. The first-order valence-corrected chi connectivity index (χ1v) is 7.82. The lowest BCUT2D eigenvalue weighted by Crippen LogP contribution is -2.49. The Balaban J connectivity index is 0.000000307. The van der Waals surface area contributed by atoms with E-state index in [0.717, 1.165) is 24.8 Å². The number of carbonyl (C=O) groups is 3. The molecule has 3 N–H and O–H groups in total. The van der Waals surface area contributed by atoms with Crippen molar-refractivity contribution in [2.24, 2.45) is 0 Å². The number of nitrogens with one attached hydrogen (secondary N) is 1. The molecule has 7 heteroatoms. The van der Waals surface area contributed by atoms with Crippen LogP contribution < -0.4 is 5.32 Å². The molecule has 0 aliphatic heterocycles. The number of hydrogen-bond acceptors (Lipinski definition) is 4. The van der Waals surface area contributed by atoms with E-state index < -0.39 is 17.5 Å². The first-order chi connectivity index (χ1) is 11.3. The van der Waals surface area contributed by atoms with Gasteiger partial charge in [0, 0.05) is 23.6 Å². The minimum absolute atomic E-state index is 0.259. The molecule has 6 nitrogen and oxygen atoms in total. The quantitative estimate of drug-likeness (QED) is 0.719. The van der Waals surface area contributed by atoms with Gasteiger partial charge in [0.25, 0.3) is 0 Å². The lowest BCUT2D eigenvalue weighted by molar-refractivity contribution is -0.134. The first kappa shape index (κ1) is 19.9. The minimum atomic E-state index is -1.26. The molecule has 1 aliphatic rings. The van der Waals surface area contributed by atoms with E-state index in [1.165, 1.54) is 0 Å². The van der Waals surface area contributed by atoms with E-state index in [4.69, 9.17) is 21.8 Å². The van der Waals surface area contributed by atoms with E-state index >= 15 is 0 Å². The molecule has 1 unspecified atom stereocenters. The molecule has 1 fully saturated rings. The third kappa shape index (κ3) is 5.18. The molecule has 1 aromatic rings. The van der Waals surface area contributed by atoms with Gasteiger partial charge >= 0.3 is 11.9 Å². The van der Waals surface area contributed by atoms with Gasteiger partial charge in [-0.2, -0.15) is 0 Å². The highest BCUT2D eigenvalue weighted by Gasteiger charge is 2.40. The van der Waals surface area contributed by atoms with E-state index in [9.17, 15) is 14.4 Å². The van der Waals surface area contributed by atoms with Crippen LogP contribution in [0, 0.1) is 0 Å². The SMILES string of the molecule is CNC1(c2ccccc2Cl)CCCCC1=O.O=C(O)/C=C\C(=O)O. The average molecular weight is 354 g/mol. The van der Waals surface area contributed by atoms with Gasteiger partial charge in [-0.05, 0) is 31.5 Å². The summed E-state index contributed by atoms with van der Waals surface area (Å²) in [6.45, 7) is 0. The molecule has 0 heterocycles. The third-order valence-electron chi connectivity index (χ3n) is 3.81. The molecule has 0 radical (unpaired) electrons. The number of likely N-dealkylation sites (N-methyl/N-ethyl adjacent to an activating group) is 1. The van der Waals surface area contributed by atoms with E-state index in [1.54, 1.807) is 0 Å². The number of halogens is 1. The Morgan fingerprint density at radius 3 is 2.21 bits per heavy atom. The zero-order valence-electron chi connectivity index (χ0n) is 13.3. The number of carbonyl (C=O) groups excluding carboxylic acids is 1. The van der Waals surface area contributed by atoms with Crippen LogP contribution in [0.1, 0.15) is 31.2 Å². The number of ketones is 1. The summed E-state index contributed by atoms with van der Waals surface area (Å²) in [5, 5.41) is 19.5. The highest BCUT2D eigenvalue weighted by molar-refractivity contribution is 6.31. The van der Waals surface area contributed by atoms with Gasteiger partial charge in [0.2, 0.25) is 0 Å². The van der Waals surface area contributed by atoms with Gasteiger partial charge in [-0.25, -0.2) is 9.59 Å². The topological polar surface area (TPSA) is 104 Å². The van der Waals surface area contributed by atoms with Crippen LogP contribution in [0.4, 0.5) is 0 Å². The van der Waals surface area contributed by atoms with Crippen LogP contribution in [0.3, 0.4) is 0 Å². The van der Waals surface area contributed by atoms with Gasteiger partial charge in [0.15, 0.2) is 5.78 Å². The zero-order valence-corrected chi connectivity index (χ0v) is 14.0. The second-order valence-corrected chi connectivity index (χ2v) is 5.68. The van der Waals surface area contributed by atoms with E-state index in [-0.39, 0.29) is 5.78 Å². The summed E-state index contributed by atoms with van der Waals surface area (Å²) < 4.78 is 0. The first-order valence-electron chi connectivity index (χ1n) is 7.44. The molecule has 24 heavy (non-hydrogen) atoms. The molecule has 0 amide bonds. The molecule has 1 aliphatic carbocycles. The van der Waals surface area contributed by atoms with Crippen molar-refractivity contribution in [3.63, 3.8) is 0 Å². The molecule has 1 aromatic carbocycles. The van der Waals surface area contributed by atoms with Gasteiger partial charge in [0.1, 0.15) is 5.54 Å². The Bertz CT molecular complexity index is 628. The molecule has 0 aromatic heterocycles. The molecular weight excluding hydrogens is 334 g/mol.